The summed E-state index contributed by atoms with van der Waals surface area (Å²) >= 11 is 7.66. The first kappa shape index (κ1) is 8.54. The molecule has 0 saturated carbocycles. The maximum absolute atomic E-state index is 5.94. The molecule has 1 aliphatic rings. The van der Waals surface area contributed by atoms with Crippen molar-refractivity contribution < 1.29 is 0 Å². The van der Waals surface area contributed by atoms with Crippen LogP contribution in [0.1, 0.15) is 23.4 Å². The molecule has 2 unspecified atom stereocenters. The first-order valence-corrected chi connectivity index (χ1v) is 5.37. The molecule has 0 aliphatic heterocycles. The molecule has 1 N–H and O–H groups in total. The van der Waals surface area contributed by atoms with Gasteiger partial charge in [0.1, 0.15) is 0 Å². The summed E-state index contributed by atoms with van der Waals surface area (Å²) in [5.74, 6) is 0.716. The smallest absolute Gasteiger partial charge is 0.0934 e. The van der Waals surface area contributed by atoms with E-state index in [1.54, 1.807) is 11.3 Å². The summed E-state index contributed by atoms with van der Waals surface area (Å²) in [5, 5.41) is 3.33. The van der Waals surface area contributed by atoms with Crippen LogP contribution in [0.3, 0.4) is 0 Å². The third-order valence-electron chi connectivity index (χ3n) is 2.52. The molecule has 0 aromatic carbocycles. The van der Waals surface area contributed by atoms with E-state index >= 15 is 0 Å². The fourth-order valence-corrected chi connectivity index (χ4v) is 3.51. The van der Waals surface area contributed by atoms with Crippen LogP contribution in [0.25, 0.3) is 0 Å². The van der Waals surface area contributed by atoms with Gasteiger partial charge in [0.05, 0.1) is 4.34 Å². The van der Waals surface area contributed by atoms with Crippen LogP contribution in [0, 0.1) is 5.92 Å². The van der Waals surface area contributed by atoms with Gasteiger partial charge in [-0.15, -0.1) is 11.3 Å². The standard InChI is InChI=1S/C9H12ClNS/c1-5-3-6-4-7(10)12-9(6)8(5)11-2/h4-5,8,11H,3H2,1-2H3. The molecule has 2 atom stereocenters. The molecule has 0 spiro atoms. The van der Waals surface area contributed by atoms with Crippen molar-refractivity contribution in [1.82, 2.24) is 5.32 Å². The number of halogens is 1. The SMILES string of the molecule is CNC1c2sc(Cl)cc2CC1C. The molecule has 1 aromatic heterocycles. The van der Waals surface area contributed by atoms with Crippen LogP contribution in [0.15, 0.2) is 6.07 Å². The average Bonchev–Trinajstić information content (AvgIpc) is 2.43. The number of fused-ring (bicyclic) bond motifs is 1. The van der Waals surface area contributed by atoms with Gasteiger partial charge in [0, 0.05) is 10.9 Å². The molecule has 66 valence electrons. The lowest BCUT2D eigenvalue weighted by molar-refractivity contribution is 0.450. The lowest BCUT2D eigenvalue weighted by Gasteiger charge is -2.13. The molecule has 0 saturated heterocycles. The fourth-order valence-electron chi connectivity index (χ4n) is 1.97. The highest BCUT2D eigenvalue weighted by molar-refractivity contribution is 7.16. The molecular weight excluding hydrogens is 190 g/mol. The van der Waals surface area contributed by atoms with Crippen molar-refractivity contribution in [2.24, 2.45) is 5.92 Å². The maximum Gasteiger partial charge on any atom is 0.0934 e. The van der Waals surface area contributed by atoms with E-state index in [0.29, 0.717) is 12.0 Å². The Morgan fingerprint density at radius 2 is 2.42 bits per heavy atom. The van der Waals surface area contributed by atoms with Crippen LogP contribution in [-0.2, 0) is 6.42 Å². The molecule has 1 aromatic rings. The van der Waals surface area contributed by atoms with E-state index in [9.17, 15) is 0 Å². The summed E-state index contributed by atoms with van der Waals surface area (Å²) in [6.45, 7) is 2.28. The highest BCUT2D eigenvalue weighted by Crippen LogP contribution is 2.42. The van der Waals surface area contributed by atoms with Crippen LogP contribution in [0.4, 0.5) is 0 Å². The summed E-state index contributed by atoms with van der Waals surface area (Å²) in [7, 11) is 2.02. The van der Waals surface area contributed by atoms with Crippen LogP contribution in [0.5, 0.6) is 0 Å². The van der Waals surface area contributed by atoms with E-state index in [0.717, 1.165) is 4.34 Å². The largest absolute Gasteiger partial charge is 0.312 e. The Bertz CT molecular complexity index is 295. The molecule has 2 rings (SSSR count). The highest BCUT2D eigenvalue weighted by Gasteiger charge is 2.30. The minimum absolute atomic E-state index is 0.525. The zero-order chi connectivity index (χ0) is 8.72. The highest BCUT2D eigenvalue weighted by atomic mass is 35.5. The second kappa shape index (κ2) is 3.02. The molecule has 1 aliphatic carbocycles. The van der Waals surface area contributed by atoms with Gasteiger partial charge in [0.25, 0.3) is 0 Å². The molecule has 1 nitrogen and oxygen atoms in total. The Hall–Kier alpha value is -0.0500. The summed E-state index contributed by atoms with van der Waals surface area (Å²) in [4.78, 5) is 1.44. The summed E-state index contributed by atoms with van der Waals surface area (Å²) in [5.41, 5.74) is 1.44. The predicted molar refractivity (Wildman–Crippen MR) is 54.0 cm³/mol. The maximum atomic E-state index is 5.94. The minimum atomic E-state index is 0.525. The average molecular weight is 202 g/mol. The molecule has 0 bridgehead atoms. The Morgan fingerprint density at radius 3 is 3.08 bits per heavy atom. The molecule has 1 heterocycles. The van der Waals surface area contributed by atoms with E-state index in [1.807, 2.05) is 7.05 Å². The van der Waals surface area contributed by atoms with E-state index < -0.39 is 0 Å². The zero-order valence-electron chi connectivity index (χ0n) is 7.23. The third-order valence-corrected chi connectivity index (χ3v) is 3.91. The van der Waals surface area contributed by atoms with E-state index in [4.69, 9.17) is 11.6 Å². The molecule has 0 fully saturated rings. The minimum Gasteiger partial charge on any atom is -0.312 e. The van der Waals surface area contributed by atoms with Crippen LogP contribution in [-0.4, -0.2) is 7.05 Å². The summed E-state index contributed by atoms with van der Waals surface area (Å²) in [6, 6.07) is 2.63. The van der Waals surface area contributed by atoms with Gasteiger partial charge in [0.15, 0.2) is 0 Å². The third kappa shape index (κ3) is 1.18. The number of hydrogen-bond acceptors (Lipinski definition) is 2. The van der Waals surface area contributed by atoms with Crippen molar-refractivity contribution >= 4 is 22.9 Å². The lowest BCUT2D eigenvalue weighted by Crippen LogP contribution is -2.18. The second-order valence-corrected chi connectivity index (χ2v) is 5.10. The molecule has 12 heavy (non-hydrogen) atoms. The van der Waals surface area contributed by atoms with E-state index in [1.165, 1.54) is 16.9 Å². The summed E-state index contributed by atoms with van der Waals surface area (Å²) in [6.07, 6.45) is 1.17. The van der Waals surface area contributed by atoms with E-state index in [-0.39, 0.29) is 0 Å². The Morgan fingerprint density at radius 1 is 1.67 bits per heavy atom. The Kier molecular flexibility index (Phi) is 2.15. The number of hydrogen-bond donors (Lipinski definition) is 1. The van der Waals surface area contributed by atoms with E-state index in [2.05, 4.69) is 18.3 Å². The second-order valence-electron chi connectivity index (χ2n) is 3.39. The predicted octanol–water partition coefficient (Wildman–Crippen LogP) is 2.85. The number of nitrogens with one attached hydrogen (secondary N) is 1. The first-order valence-electron chi connectivity index (χ1n) is 4.17. The van der Waals surface area contributed by atoms with Gasteiger partial charge in [-0.1, -0.05) is 18.5 Å². The van der Waals surface area contributed by atoms with Crippen molar-refractivity contribution in [3.05, 3.63) is 20.8 Å². The van der Waals surface area contributed by atoms with Crippen molar-refractivity contribution in [3.8, 4) is 0 Å². The molecule has 0 radical (unpaired) electrons. The van der Waals surface area contributed by atoms with Gasteiger partial charge >= 0.3 is 0 Å². The molecule has 3 heteroatoms. The quantitative estimate of drug-likeness (QED) is 0.737. The molecular formula is C9H12ClNS. The number of thiophene rings is 1. The lowest BCUT2D eigenvalue weighted by atomic mass is 10.1. The van der Waals surface area contributed by atoms with Crippen LogP contribution < -0.4 is 5.32 Å². The monoisotopic (exact) mass is 201 g/mol. The van der Waals surface area contributed by atoms with Crippen molar-refractivity contribution in [1.29, 1.82) is 0 Å². The fraction of sp³-hybridized carbons (Fsp3) is 0.556. The summed E-state index contributed by atoms with van der Waals surface area (Å²) < 4.78 is 0.923. The van der Waals surface area contributed by atoms with Gasteiger partial charge in [0.2, 0.25) is 0 Å². The Balaban J connectivity index is 2.38. The van der Waals surface area contributed by atoms with Gasteiger partial charge < -0.3 is 5.32 Å². The number of rotatable bonds is 1. The van der Waals surface area contributed by atoms with Crippen molar-refractivity contribution in [2.75, 3.05) is 7.05 Å². The topological polar surface area (TPSA) is 12.0 Å². The van der Waals surface area contributed by atoms with Crippen LogP contribution >= 0.6 is 22.9 Å². The van der Waals surface area contributed by atoms with Crippen LogP contribution in [0.2, 0.25) is 4.34 Å². The van der Waals surface area contributed by atoms with Gasteiger partial charge in [-0.2, -0.15) is 0 Å². The van der Waals surface area contributed by atoms with Crippen molar-refractivity contribution in [3.63, 3.8) is 0 Å². The first-order chi connectivity index (χ1) is 5.72. The zero-order valence-corrected chi connectivity index (χ0v) is 8.80. The van der Waals surface area contributed by atoms with Crippen molar-refractivity contribution in [2.45, 2.75) is 19.4 Å². The van der Waals surface area contributed by atoms with Gasteiger partial charge in [-0.3, -0.25) is 0 Å². The van der Waals surface area contributed by atoms with Gasteiger partial charge in [-0.25, -0.2) is 0 Å². The Labute approximate surface area is 81.7 Å². The van der Waals surface area contributed by atoms with Gasteiger partial charge in [-0.05, 0) is 31.0 Å². The normalized spacial score (nSPS) is 27.6. The molecule has 0 amide bonds.